The minimum Gasteiger partial charge on any atom is -0.478 e. The molecule has 5 nitrogen and oxygen atoms in total. The van der Waals surface area contributed by atoms with Crippen molar-refractivity contribution < 1.29 is 14.4 Å². The molecule has 0 atom stereocenters. The minimum atomic E-state index is -1.01. The molecule has 1 N–H and O–H groups in total. The van der Waals surface area contributed by atoms with Gasteiger partial charge in [-0.05, 0) is 6.07 Å². The van der Waals surface area contributed by atoms with E-state index in [0.29, 0.717) is 5.39 Å². The van der Waals surface area contributed by atoms with Crippen LogP contribution in [0.15, 0.2) is 23.0 Å². The Morgan fingerprint density at radius 2 is 2.42 bits per heavy atom. The lowest BCUT2D eigenvalue weighted by molar-refractivity contribution is 0.0699. The third-order valence-electron chi connectivity index (χ3n) is 1.50. The summed E-state index contributed by atoms with van der Waals surface area (Å²) >= 11 is 0. The SMILES string of the molecule is O=C(O)c1ccnc2oncc12. The zero-order valence-electron chi connectivity index (χ0n) is 5.89. The first-order valence-corrected chi connectivity index (χ1v) is 3.22. The summed E-state index contributed by atoms with van der Waals surface area (Å²) in [6, 6.07) is 1.40. The van der Waals surface area contributed by atoms with Gasteiger partial charge in [0, 0.05) is 6.20 Å². The highest BCUT2D eigenvalue weighted by atomic mass is 16.5. The molecule has 0 unspecified atom stereocenters. The summed E-state index contributed by atoms with van der Waals surface area (Å²) in [6.45, 7) is 0. The van der Waals surface area contributed by atoms with E-state index in [-0.39, 0.29) is 11.3 Å². The van der Waals surface area contributed by atoms with Crippen LogP contribution in [0.4, 0.5) is 0 Å². The number of nitrogens with zero attached hydrogens (tertiary/aromatic N) is 2. The molecule has 12 heavy (non-hydrogen) atoms. The van der Waals surface area contributed by atoms with Crippen molar-refractivity contribution >= 4 is 17.1 Å². The smallest absolute Gasteiger partial charge is 0.336 e. The van der Waals surface area contributed by atoms with Crippen LogP contribution in [0.5, 0.6) is 0 Å². The van der Waals surface area contributed by atoms with Gasteiger partial charge in [-0.1, -0.05) is 5.16 Å². The predicted molar refractivity (Wildman–Crippen MR) is 38.8 cm³/mol. The number of carbonyl (C=O) groups is 1. The fourth-order valence-electron chi connectivity index (χ4n) is 0.967. The molecule has 0 aliphatic rings. The summed E-state index contributed by atoms with van der Waals surface area (Å²) < 4.78 is 4.68. The van der Waals surface area contributed by atoms with E-state index in [1.165, 1.54) is 18.5 Å². The summed E-state index contributed by atoms with van der Waals surface area (Å²) in [4.78, 5) is 14.4. The summed E-state index contributed by atoms with van der Waals surface area (Å²) in [5.74, 6) is -1.01. The van der Waals surface area contributed by atoms with E-state index in [4.69, 9.17) is 5.11 Å². The van der Waals surface area contributed by atoms with E-state index >= 15 is 0 Å². The number of pyridine rings is 1. The van der Waals surface area contributed by atoms with Crippen LogP contribution in [-0.4, -0.2) is 21.2 Å². The van der Waals surface area contributed by atoms with Crippen LogP contribution in [0.3, 0.4) is 0 Å². The van der Waals surface area contributed by atoms with Gasteiger partial charge in [0.05, 0.1) is 17.1 Å². The number of carboxylic acids is 1. The molecule has 60 valence electrons. The Hall–Kier alpha value is -1.91. The van der Waals surface area contributed by atoms with E-state index < -0.39 is 5.97 Å². The molecule has 2 rings (SSSR count). The largest absolute Gasteiger partial charge is 0.478 e. The van der Waals surface area contributed by atoms with Gasteiger partial charge in [0.25, 0.3) is 5.71 Å². The topological polar surface area (TPSA) is 76.2 Å². The van der Waals surface area contributed by atoms with E-state index in [9.17, 15) is 4.79 Å². The maximum absolute atomic E-state index is 10.6. The highest BCUT2D eigenvalue weighted by molar-refractivity contribution is 6.00. The van der Waals surface area contributed by atoms with Crippen LogP contribution in [0.25, 0.3) is 11.1 Å². The average Bonchev–Trinajstić information content (AvgIpc) is 2.49. The van der Waals surface area contributed by atoms with Crippen molar-refractivity contribution in [3.05, 3.63) is 24.0 Å². The third kappa shape index (κ3) is 0.833. The fourth-order valence-corrected chi connectivity index (χ4v) is 0.967. The standard InChI is InChI=1S/C7H4N2O3/c10-7(11)4-1-2-8-6-5(4)3-9-12-6/h1-3H,(H,10,11). The molecular formula is C7H4N2O3. The van der Waals surface area contributed by atoms with Crippen LogP contribution in [0, 0.1) is 0 Å². The number of hydrogen-bond donors (Lipinski definition) is 1. The summed E-state index contributed by atoms with van der Waals surface area (Å²) in [6.07, 6.45) is 2.71. The second-order valence-electron chi connectivity index (χ2n) is 2.21. The zero-order valence-corrected chi connectivity index (χ0v) is 5.89. The third-order valence-corrected chi connectivity index (χ3v) is 1.50. The van der Waals surface area contributed by atoms with E-state index in [1.54, 1.807) is 0 Å². The lowest BCUT2D eigenvalue weighted by Crippen LogP contribution is -1.96. The van der Waals surface area contributed by atoms with Gasteiger partial charge in [-0.2, -0.15) is 0 Å². The lowest BCUT2D eigenvalue weighted by atomic mass is 10.2. The van der Waals surface area contributed by atoms with Crippen molar-refractivity contribution in [3.63, 3.8) is 0 Å². The molecule has 2 aromatic heterocycles. The number of hydrogen-bond acceptors (Lipinski definition) is 4. The van der Waals surface area contributed by atoms with Crippen molar-refractivity contribution in [2.24, 2.45) is 0 Å². The Morgan fingerprint density at radius 3 is 3.17 bits per heavy atom. The Balaban J connectivity index is 2.82. The number of aromatic nitrogens is 2. The molecule has 0 spiro atoms. The van der Waals surface area contributed by atoms with Crippen LogP contribution in [0.2, 0.25) is 0 Å². The molecule has 0 saturated carbocycles. The molecule has 0 aliphatic carbocycles. The zero-order chi connectivity index (χ0) is 8.55. The van der Waals surface area contributed by atoms with Crippen molar-refractivity contribution in [2.45, 2.75) is 0 Å². The Morgan fingerprint density at radius 1 is 1.58 bits per heavy atom. The first kappa shape index (κ1) is 6.78. The van der Waals surface area contributed by atoms with Gasteiger partial charge < -0.3 is 9.63 Å². The van der Waals surface area contributed by atoms with Gasteiger partial charge in [0.15, 0.2) is 0 Å². The van der Waals surface area contributed by atoms with Crippen LogP contribution >= 0.6 is 0 Å². The van der Waals surface area contributed by atoms with Crippen molar-refractivity contribution in [1.82, 2.24) is 10.1 Å². The van der Waals surface area contributed by atoms with Gasteiger partial charge >= 0.3 is 5.97 Å². The van der Waals surface area contributed by atoms with Gasteiger partial charge in [0.1, 0.15) is 0 Å². The van der Waals surface area contributed by atoms with Crippen molar-refractivity contribution in [2.75, 3.05) is 0 Å². The molecule has 0 amide bonds. The van der Waals surface area contributed by atoms with E-state index in [0.717, 1.165) is 0 Å². The number of fused-ring (bicyclic) bond motifs is 1. The van der Waals surface area contributed by atoms with Gasteiger partial charge in [0.2, 0.25) is 0 Å². The Bertz CT molecular complexity index is 435. The molecule has 0 aromatic carbocycles. The van der Waals surface area contributed by atoms with E-state index in [2.05, 4.69) is 14.7 Å². The molecule has 0 fully saturated rings. The molecule has 0 radical (unpaired) electrons. The van der Waals surface area contributed by atoms with Gasteiger partial charge in [-0.3, -0.25) is 0 Å². The highest BCUT2D eigenvalue weighted by Gasteiger charge is 2.10. The van der Waals surface area contributed by atoms with Crippen LogP contribution in [0.1, 0.15) is 10.4 Å². The van der Waals surface area contributed by atoms with Crippen molar-refractivity contribution in [1.29, 1.82) is 0 Å². The minimum absolute atomic E-state index is 0.154. The van der Waals surface area contributed by atoms with Crippen LogP contribution in [-0.2, 0) is 0 Å². The van der Waals surface area contributed by atoms with E-state index in [1.807, 2.05) is 0 Å². The summed E-state index contributed by atoms with van der Waals surface area (Å²) in [5, 5.41) is 12.6. The second-order valence-corrected chi connectivity index (χ2v) is 2.21. The first-order valence-electron chi connectivity index (χ1n) is 3.22. The summed E-state index contributed by atoms with van der Waals surface area (Å²) in [5.41, 5.74) is 0.399. The Kier molecular flexibility index (Phi) is 1.30. The van der Waals surface area contributed by atoms with Gasteiger partial charge in [-0.15, -0.1) is 0 Å². The highest BCUT2D eigenvalue weighted by Crippen LogP contribution is 2.14. The molecule has 2 aromatic rings. The quantitative estimate of drug-likeness (QED) is 0.678. The maximum Gasteiger partial charge on any atom is 0.336 e. The van der Waals surface area contributed by atoms with Gasteiger partial charge in [-0.25, -0.2) is 9.78 Å². The molecule has 0 aliphatic heterocycles. The molecular weight excluding hydrogens is 160 g/mol. The number of aromatic carboxylic acids is 1. The van der Waals surface area contributed by atoms with Crippen LogP contribution < -0.4 is 0 Å². The monoisotopic (exact) mass is 164 g/mol. The molecule has 2 heterocycles. The summed E-state index contributed by atoms with van der Waals surface area (Å²) in [7, 11) is 0. The second kappa shape index (κ2) is 2.30. The first-order chi connectivity index (χ1) is 5.79. The molecule has 5 heteroatoms. The predicted octanol–water partition coefficient (Wildman–Crippen LogP) is 0.921. The maximum atomic E-state index is 10.6. The normalized spacial score (nSPS) is 10.3. The number of rotatable bonds is 1. The Labute approximate surface area is 66.6 Å². The molecule has 0 bridgehead atoms. The number of carboxylic acid groups (broad SMARTS) is 1. The fraction of sp³-hybridized carbons (Fsp3) is 0. The molecule has 0 saturated heterocycles. The van der Waals surface area contributed by atoms with Crippen molar-refractivity contribution in [3.8, 4) is 0 Å². The average molecular weight is 164 g/mol. The lowest BCUT2D eigenvalue weighted by Gasteiger charge is -1.91.